The number of ether oxygens (including phenoxy) is 1. The number of nitrogens with zero attached hydrogens (tertiary/aromatic N) is 2. The minimum absolute atomic E-state index is 0.370. The summed E-state index contributed by atoms with van der Waals surface area (Å²) in [5.41, 5.74) is 2.54. The normalized spacial score (nSPS) is 22.8. The molecule has 2 heterocycles. The number of methoxy groups -OCH3 is 1. The highest BCUT2D eigenvalue weighted by Gasteiger charge is 2.29. The highest BCUT2D eigenvalue weighted by molar-refractivity contribution is 7.09. The van der Waals surface area contributed by atoms with Crippen LogP contribution in [0.3, 0.4) is 0 Å². The third-order valence-electron chi connectivity index (χ3n) is 4.42. The molecule has 0 radical (unpaired) electrons. The predicted molar refractivity (Wildman–Crippen MR) is 91.2 cm³/mol. The number of piperidine rings is 1. The molecule has 118 valence electrons. The fourth-order valence-corrected chi connectivity index (χ4v) is 4.13. The van der Waals surface area contributed by atoms with Gasteiger partial charge in [-0.3, -0.25) is 4.90 Å². The van der Waals surface area contributed by atoms with Crippen LogP contribution in [-0.2, 0) is 17.7 Å². The van der Waals surface area contributed by atoms with Crippen LogP contribution >= 0.6 is 11.3 Å². The first-order valence-corrected chi connectivity index (χ1v) is 8.82. The molecular weight excluding hydrogens is 292 g/mol. The fraction of sp³-hybridized carbons (Fsp3) is 0.500. The maximum absolute atomic E-state index is 5.74. The van der Waals surface area contributed by atoms with E-state index < -0.39 is 0 Å². The highest BCUT2D eigenvalue weighted by atomic mass is 32.1. The summed E-state index contributed by atoms with van der Waals surface area (Å²) in [7, 11) is 1.85. The topological polar surface area (TPSA) is 25.4 Å². The summed E-state index contributed by atoms with van der Waals surface area (Å²) in [4.78, 5) is 7.13. The van der Waals surface area contributed by atoms with Gasteiger partial charge in [0.1, 0.15) is 5.01 Å². The van der Waals surface area contributed by atoms with Crippen LogP contribution < -0.4 is 0 Å². The quantitative estimate of drug-likeness (QED) is 0.844. The van der Waals surface area contributed by atoms with E-state index in [1.165, 1.54) is 10.6 Å². The average Bonchev–Trinajstić information content (AvgIpc) is 2.94. The number of aromatic nitrogens is 1. The van der Waals surface area contributed by atoms with Crippen LogP contribution in [0.1, 0.15) is 22.7 Å². The first kappa shape index (κ1) is 15.7. The van der Waals surface area contributed by atoms with E-state index in [2.05, 4.69) is 52.5 Å². The lowest BCUT2D eigenvalue weighted by molar-refractivity contribution is -0.00850. The molecule has 1 saturated heterocycles. The zero-order valence-corrected chi connectivity index (χ0v) is 14.2. The molecule has 2 aromatic rings. The zero-order valence-electron chi connectivity index (χ0n) is 13.4. The molecule has 1 fully saturated rings. The van der Waals surface area contributed by atoms with Crippen LogP contribution in [0.15, 0.2) is 35.7 Å². The van der Waals surface area contributed by atoms with Crippen LogP contribution in [0.4, 0.5) is 0 Å². The molecule has 0 unspecified atom stereocenters. The number of thiazole rings is 1. The summed E-state index contributed by atoms with van der Waals surface area (Å²) in [5.74, 6) is 0.558. The van der Waals surface area contributed by atoms with Crippen molar-refractivity contribution < 1.29 is 4.74 Å². The molecule has 0 N–H and O–H groups in total. The van der Waals surface area contributed by atoms with E-state index >= 15 is 0 Å². The SMILES string of the molecule is CO[C@@H]1CCN(Cc2nc(C)cs2)C[C@H]1Cc1ccccc1. The van der Waals surface area contributed by atoms with Crippen molar-refractivity contribution in [3.05, 3.63) is 52.0 Å². The molecule has 4 heteroatoms. The van der Waals surface area contributed by atoms with E-state index in [0.29, 0.717) is 12.0 Å². The number of rotatable bonds is 5. The minimum Gasteiger partial charge on any atom is -0.381 e. The molecule has 0 spiro atoms. The first-order valence-electron chi connectivity index (χ1n) is 7.94. The molecule has 0 aliphatic carbocycles. The maximum Gasteiger partial charge on any atom is 0.107 e. The van der Waals surface area contributed by atoms with Gasteiger partial charge in [0.05, 0.1) is 12.6 Å². The number of aryl methyl sites for hydroxylation is 1. The van der Waals surface area contributed by atoms with Gasteiger partial charge in [-0.05, 0) is 25.3 Å². The van der Waals surface area contributed by atoms with Gasteiger partial charge < -0.3 is 4.74 Å². The van der Waals surface area contributed by atoms with E-state index in [0.717, 1.165) is 38.2 Å². The third-order valence-corrected chi connectivity index (χ3v) is 5.37. The van der Waals surface area contributed by atoms with Gasteiger partial charge in [-0.15, -0.1) is 11.3 Å². The van der Waals surface area contributed by atoms with Gasteiger partial charge in [0.2, 0.25) is 0 Å². The average molecular weight is 316 g/mol. The van der Waals surface area contributed by atoms with Crippen molar-refractivity contribution in [2.24, 2.45) is 5.92 Å². The van der Waals surface area contributed by atoms with Gasteiger partial charge in [0.25, 0.3) is 0 Å². The molecule has 0 saturated carbocycles. The molecule has 1 aromatic heterocycles. The van der Waals surface area contributed by atoms with Gasteiger partial charge >= 0.3 is 0 Å². The van der Waals surface area contributed by atoms with Crippen LogP contribution in [-0.4, -0.2) is 36.2 Å². The Morgan fingerprint density at radius 2 is 2.14 bits per heavy atom. The highest BCUT2D eigenvalue weighted by Crippen LogP contribution is 2.25. The lowest BCUT2D eigenvalue weighted by Gasteiger charge is -2.37. The fourth-order valence-electron chi connectivity index (χ4n) is 3.32. The Balaban J connectivity index is 1.64. The van der Waals surface area contributed by atoms with Gasteiger partial charge in [-0.2, -0.15) is 0 Å². The second kappa shape index (κ2) is 7.36. The Bertz CT molecular complexity index is 584. The Labute approximate surface area is 137 Å². The van der Waals surface area contributed by atoms with Crippen LogP contribution in [0.2, 0.25) is 0 Å². The van der Waals surface area contributed by atoms with E-state index in [-0.39, 0.29) is 0 Å². The summed E-state index contributed by atoms with van der Waals surface area (Å²) in [6.07, 6.45) is 2.57. The first-order chi connectivity index (χ1) is 10.7. The lowest BCUT2D eigenvalue weighted by Crippen LogP contribution is -2.44. The van der Waals surface area contributed by atoms with Crippen molar-refractivity contribution in [1.82, 2.24) is 9.88 Å². The Kier molecular flexibility index (Phi) is 5.24. The second-order valence-electron chi connectivity index (χ2n) is 6.13. The second-order valence-corrected chi connectivity index (χ2v) is 7.07. The molecule has 0 amide bonds. The molecule has 1 aromatic carbocycles. The number of hydrogen-bond acceptors (Lipinski definition) is 4. The molecule has 3 rings (SSSR count). The van der Waals surface area contributed by atoms with Gasteiger partial charge in [-0.25, -0.2) is 4.98 Å². The summed E-state index contributed by atoms with van der Waals surface area (Å²) in [5, 5.41) is 3.37. The lowest BCUT2D eigenvalue weighted by atomic mass is 9.88. The van der Waals surface area contributed by atoms with E-state index in [9.17, 15) is 0 Å². The van der Waals surface area contributed by atoms with Crippen LogP contribution in [0, 0.1) is 12.8 Å². The van der Waals surface area contributed by atoms with Crippen molar-refractivity contribution >= 4 is 11.3 Å². The molecular formula is C18H24N2OS. The monoisotopic (exact) mass is 316 g/mol. The maximum atomic E-state index is 5.74. The smallest absolute Gasteiger partial charge is 0.107 e. The summed E-state index contributed by atoms with van der Waals surface area (Å²) >= 11 is 1.77. The Morgan fingerprint density at radius 3 is 2.82 bits per heavy atom. The van der Waals surface area contributed by atoms with Crippen LogP contribution in [0.25, 0.3) is 0 Å². The predicted octanol–water partition coefficient (Wildman–Crippen LogP) is 3.53. The molecule has 22 heavy (non-hydrogen) atoms. The standard InChI is InChI=1S/C18H24N2OS/c1-14-13-22-18(19-14)12-20-9-8-17(21-2)16(11-20)10-15-6-4-3-5-7-15/h3-7,13,16-17H,8-12H2,1-2H3/t16-,17-/m1/s1. The van der Waals surface area contributed by atoms with Crippen LogP contribution in [0.5, 0.6) is 0 Å². The van der Waals surface area contributed by atoms with E-state index in [1.807, 2.05) is 7.11 Å². The number of likely N-dealkylation sites (tertiary alicyclic amines) is 1. The zero-order chi connectivity index (χ0) is 15.4. The number of hydrogen-bond donors (Lipinski definition) is 0. The van der Waals surface area contributed by atoms with E-state index in [4.69, 9.17) is 4.74 Å². The van der Waals surface area contributed by atoms with Crippen molar-refractivity contribution in [1.29, 1.82) is 0 Å². The Hall–Kier alpha value is -1.23. The largest absolute Gasteiger partial charge is 0.381 e. The summed E-state index contributed by atoms with van der Waals surface area (Å²) < 4.78 is 5.74. The molecule has 0 bridgehead atoms. The molecule has 1 aliphatic heterocycles. The van der Waals surface area contributed by atoms with Gasteiger partial charge in [-0.1, -0.05) is 30.3 Å². The van der Waals surface area contributed by atoms with Crippen molar-refractivity contribution in [2.75, 3.05) is 20.2 Å². The van der Waals surface area contributed by atoms with Gasteiger partial charge in [0.15, 0.2) is 0 Å². The molecule has 2 atom stereocenters. The summed E-state index contributed by atoms with van der Waals surface area (Å²) in [6.45, 7) is 5.23. The van der Waals surface area contributed by atoms with E-state index in [1.54, 1.807) is 11.3 Å². The van der Waals surface area contributed by atoms with Crippen molar-refractivity contribution in [2.45, 2.75) is 32.4 Å². The Morgan fingerprint density at radius 1 is 1.32 bits per heavy atom. The number of benzene rings is 1. The third kappa shape index (κ3) is 3.94. The molecule has 1 aliphatic rings. The summed E-state index contributed by atoms with van der Waals surface area (Å²) in [6, 6.07) is 10.8. The molecule has 3 nitrogen and oxygen atoms in total. The minimum atomic E-state index is 0.370. The van der Waals surface area contributed by atoms with Crippen molar-refractivity contribution in [3.63, 3.8) is 0 Å². The van der Waals surface area contributed by atoms with Gasteiger partial charge in [0, 0.05) is 37.2 Å². The van der Waals surface area contributed by atoms with Crippen molar-refractivity contribution in [3.8, 4) is 0 Å².